The molecule has 0 amide bonds. The molecule has 0 aliphatic carbocycles. The maximum absolute atomic E-state index is 14.7. The highest BCUT2D eigenvalue weighted by molar-refractivity contribution is 5.77. The second-order valence-corrected chi connectivity index (χ2v) is 6.60. The lowest BCUT2D eigenvalue weighted by Crippen LogP contribution is -2.38. The summed E-state index contributed by atoms with van der Waals surface area (Å²) in [5, 5.41) is 3.23. The molecule has 0 bridgehead atoms. The van der Waals surface area contributed by atoms with Crippen LogP contribution in [0.5, 0.6) is 0 Å². The minimum Gasteiger partial charge on any atom is -0.350 e. The molecule has 2 aromatic carbocycles. The first kappa shape index (κ1) is 16.8. The average Bonchev–Trinajstić information content (AvgIpc) is 2.97. The van der Waals surface area contributed by atoms with Gasteiger partial charge in [0.1, 0.15) is 5.82 Å². The molecule has 0 unspecified atom stereocenters. The van der Waals surface area contributed by atoms with Crippen LogP contribution in [0.3, 0.4) is 0 Å². The Hall–Kier alpha value is -2.07. The number of rotatable bonds is 6. The largest absolute Gasteiger partial charge is 0.350 e. The van der Waals surface area contributed by atoms with Crippen LogP contribution in [-0.2, 0) is 0 Å². The number of anilines is 2. The Balaban J connectivity index is 2.03. The molecule has 1 N–H and O–H groups in total. The van der Waals surface area contributed by atoms with E-state index in [1.807, 2.05) is 19.2 Å². The lowest BCUT2D eigenvalue weighted by molar-refractivity contribution is 0.541. The number of para-hydroxylation sites is 1. The Kier molecular flexibility index (Phi) is 5.05. The molecule has 3 nitrogen and oxygen atoms in total. The first-order valence-corrected chi connectivity index (χ1v) is 8.64. The van der Waals surface area contributed by atoms with Gasteiger partial charge in [0.25, 0.3) is 0 Å². The molecule has 2 aromatic rings. The lowest BCUT2D eigenvalue weighted by Gasteiger charge is -2.32. The first-order chi connectivity index (χ1) is 11.6. The first-order valence-electron chi connectivity index (χ1n) is 8.64. The molecule has 1 aliphatic rings. The monoisotopic (exact) mass is 327 g/mol. The van der Waals surface area contributed by atoms with E-state index in [2.05, 4.69) is 53.2 Å². The molecule has 0 fully saturated rings. The summed E-state index contributed by atoms with van der Waals surface area (Å²) in [5.41, 5.74) is 2.96. The molecule has 1 aliphatic heterocycles. The van der Waals surface area contributed by atoms with Gasteiger partial charge in [-0.05, 0) is 51.6 Å². The van der Waals surface area contributed by atoms with Crippen molar-refractivity contribution in [1.29, 1.82) is 0 Å². The molecule has 0 saturated carbocycles. The van der Waals surface area contributed by atoms with Crippen LogP contribution in [0, 0.1) is 5.82 Å². The van der Waals surface area contributed by atoms with Gasteiger partial charge in [-0.3, -0.25) is 0 Å². The van der Waals surface area contributed by atoms with E-state index in [9.17, 15) is 4.39 Å². The van der Waals surface area contributed by atoms with Crippen LogP contribution in [0.15, 0.2) is 48.5 Å². The number of benzene rings is 2. The van der Waals surface area contributed by atoms with E-state index in [0.29, 0.717) is 6.04 Å². The number of fused-ring (bicyclic) bond motifs is 1. The number of halogens is 1. The van der Waals surface area contributed by atoms with Crippen LogP contribution in [0.1, 0.15) is 31.9 Å². The zero-order chi connectivity index (χ0) is 17.1. The van der Waals surface area contributed by atoms with Gasteiger partial charge in [0, 0.05) is 6.04 Å². The molecule has 1 atom stereocenters. The van der Waals surface area contributed by atoms with Crippen molar-refractivity contribution < 1.29 is 4.39 Å². The fraction of sp³-hybridized carbons (Fsp3) is 0.400. The van der Waals surface area contributed by atoms with Crippen LogP contribution >= 0.6 is 0 Å². The lowest BCUT2D eigenvalue weighted by atomic mass is 10.0. The maximum atomic E-state index is 14.7. The second kappa shape index (κ2) is 7.22. The Labute approximate surface area is 144 Å². The van der Waals surface area contributed by atoms with E-state index < -0.39 is 0 Å². The Morgan fingerprint density at radius 2 is 1.79 bits per heavy atom. The minimum absolute atomic E-state index is 0.138. The van der Waals surface area contributed by atoms with Crippen molar-refractivity contribution in [3.8, 4) is 0 Å². The van der Waals surface area contributed by atoms with Crippen molar-refractivity contribution in [1.82, 2.24) is 5.32 Å². The van der Waals surface area contributed by atoms with Gasteiger partial charge in [0.2, 0.25) is 0 Å². The Morgan fingerprint density at radius 1 is 1.04 bits per heavy atom. The van der Waals surface area contributed by atoms with Crippen molar-refractivity contribution >= 4 is 11.4 Å². The highest BCUT2D eigenvalue weighted by Gasteiger charge is 2.34. The molecular weight excluding hydrogens is 301 g/mol. The molecule has 0 spiro atoms. The second-order valence-electron chi connectivity index (χ2n) is 6.60. The molecule has 128 valence electrons. The molecule has 0 aromatic heterocycles. The van der Waals surface area contributed by atoms with E-state index in [1.54, 1.807) is 12.1 Å². The average molecular weight is 327 g/mol. The van der Waals surface area contributed by atoms with E-state index in [-0.39, 0.29) is 11.9 Å². The van der Waals surface area contributed by atoms with E-state index in [1.165, 1.54) is 5.56 Å². The number of nitrogens with one attached hydrogen (secondary N) is 1. The summed E-state index contributed by atoms with van der Waals surface area (Å²) < 4.78 is 14.7. The van der Waals surface area contributed by atoms with Crippen LogP contribution < -0.4 is 15.1 Å². The summed E-state index contributed by atoms with van der Waals surface area (Å²) >= 11 is 0. The summed E-state index contributed by atoms with van der Waals surface area (Å²) in [6.45, 7) is 5.92. The fourth-order valence-electron chi connectivity index (χ4n) is 3.49. The van der Waals surface area contributed by atoms with Gasteiger partial charge in [0.15, 0.2) is 0 Å². The summed E-state index contributed by atoms with van der Waals surface area (Å²) in [6, 6.07) is 16.3. The zero-order valence-corrected chi connectivity index (χ0v) is 14.7. The van der Waals surface area contributed by atoms with Crippen LogP contribution in [0.4, 0.5) is 15.8 Å². The van der Waals surface area contributed by atoms with Crippen molar-refractivity contribution in [3.63, 3.8) is 0 Å². The van der Waals surface area contributed by atoms with E-state index in [4.69, 9.17) is 0 Å². The summed E-state index contributed by atoms with van der Waals surface area (Å²) in [5.74, 6) is -0.138. The number of nitrogens with zero attached hydrogens (tertiary/aromatic N) is 2. The van der Waals surface area contributed by atoms with Gasteiger partial charge in [-0.1, -0.05) is 36.4 Å². The molecule has 0 saturated heterocycles. The van der Waals surface area contributed by atoms with Gasteiger partial charge in [-0.25, -0.2) is 4.39 Å². The van der Waals surface area contributed by atoms with Crippen molar-refractivity contribution in [2.75, 3.05) is 30.1 Å². The maximum Gasteiger partial charge on any atom is 0.148 e. The minimum atomic E-state index is -0.138. The van der Waals surface area contributed by atoms with Crippen molar-refractivity contribution in [3.05, 3.63) is 59.9 Å². The van der Waals surface area contributed by atoms with E-state index >= 15 is 0 Å². The Morgan fingerprint density at radius 3 is 2.46 bits per heavy atom. The Bertz CT molecular complexity index is 672. The summed E-state index contributed by atoms with van der Waals surface area (Å²) in [6.07, 6.45) is 0.931. The van der Waals surface area contributed by atoms with Gasteiger partial charge in [0.05, 0.1) is 24.1 Å². The van der Waals surface area contributed by atoms with Crippen molar-refractivity contribution in [2.24, 2.45) is 0 Å². The van der Waals surface area contributed by atoms with Crippen LogP contribution in [-0.4, -0.2) is 26.3 Å². The SMILES string of the molecule is CNCC[C@H](c1ccccc1)N1CN(C(C)C)c2cccc(F)c21. The van der Waals surface area contributed by atoms with Gasteiger partial charge >= 0.3 is 0 Å². The summed E-state index contributed by atoms with van der Waals surface area (Å²) in [4.78, 5) is 4.49. The predicted molar refractivity (Wildman–Crippen MR) is 99.1 cm³/mol. The third-order valence-corrected chi connectivity index (χ3v) is 4.72. The topological polar surface area (TPSA) is 18.5 Å². The van der Waals surface area contributed by atoms with Gasteiger partial charge < -0.3 is 15.1 Å². The standard InChI is InChI=1S/C20H26FN3/c1-15(2)23-14-24(20-17(21)10-7-11-19(20)23)18(12-13-22-3)16-8-5-4-6-9-16/h4-11,15,18,22H,12-14H2,1-3H3/t18-/m1/s1. The molecule has 4 heteroatoms. The highest BCUT2D eigenvalue weighted by atomic mass is 19.1. The smallest absolute Gasteiger partial charge is 0.148 e. The summed E-state index contributed by atoms with van der Waals surface area (Å²) in [7, 11) is 1.96. The number of hydrogen-bond acceptors (Lipinski definition) is 3. The third kappa shape index (κ3) is 3.11. The molecule has 24 heavy (non-hydrogen) atoms. The molecule has 0 radical (unpaired) electrons. The molecule has 3 rings (SSSR count). The van der Waals surface area contributed by atoms with E-state index in [0.717, 1.165) is 31.0 Å². The molecular formula is C20H26FN3. The normalized spacial score (nSPS) is 15.0. The third-order valence-electron chi connectivity index (χ3n) is 4.72. The zero-order valence-electron chi connectivity index (χ0n) is 14.7. The fourth-order valence-corrected chi connectivity index (χ4v) is 3.49. The van der Waals surface area contributed by atoms with Gasteiger partial charge in [-0.15, -0.1) is 0 Å². The van der Waals surface area contributed by atoms with Crippen LogP contribution in [0.25, 0.3) is 0 Å². The number of hydrogen-bond donors (Lipinski definition) is 1. The van der Waals surface area contributed by atoms with Gasteiger partial charge in [-0.2, -0.15) is 0 Å². The van der Waals surface area contributed by atoms with Crippen molar-refractivity contribution in [2.45, 2.75) is 32.4 Å². The highest BCUT2D eigenvalue weighted by Crippen LogP contribution is 2.44. The van der Waals surface area contributed by atoms with Crippen LogP contribution in [0.2, 0.25) is 0 Å². The molecule has 1 heterocycles. The quantitative estimate of drug-likeness (QED) is 0.859. The predicted octanol–water partition coefficient (Wildman–Crippen LogP) is 4.17.